The van der Waals surface area contributed by atoms with Gasteiger partial charge in [0.05, 0.1) is 34.4 Å². The molecule has 0 atom stereocenters. The predicted molar refractivity (Wildman–Crippen MR) is 225 cm³/mol. The molecule has 0 unspecified atom stereocenters. The van der Waals surface area contributed by atoms with Crippen LogP contribution in [-0.2, 0) is 46.9 Å². The molecule has 13 nitrogen and oxygen atoms in total. The minimum Gasteiger partial charge on any atom is -0.443 e. The molecule has 2 aliphatic rings. The van der Waals surface area contributed by atoms with Crippen LogP contribution in [0.25, 0.3) is 11.4 Å². The molecule has 2 aliphatic heterocycles. The van der Waals surface area contributed by atoms with Crippen molar-refractivity contribution in [3.63, 3.8) is 0 Å². The Morgan fingerprint density at radius 3 is 2.31 bits per heavy atom. The van der Waals surface area contributed by atoms with Gasteiger partial charge in [-0.1, -0.05) is 30.9 Å². The fourth-order valence-electron chi connectivity index (χ4n) is 7.36. The molecule has 0 bridgehead atoms. The van der Waals surface area contributed by atoms with Crippen molar-refractivity contribution in [3.05, 3.63) is 93.6 Å². The van der Waals surface area contributed by atoms with E-state index in [2.05, 4.69) is 38.9 Å². The molecule has 0 spiro atoms. The lowest BCUT2D eigenvalue weighted by Crippen LogP contribution is -2.46. The topological polar surface area (TPSA) is 133 Å². The number of hydrogen-bond donors (Lipinski definition) is 1. The van der Waals surface area contributed by atoms with Gasteiger partial charge < -0.3 is 19.5 Å². The lowest BCUT2D eigenvalue weighted by Gasteiger charge is -2.35. The predicted octanol–water partition coefficient (Wildman–Crippen LogP) is 6.66. The van der Waals surface area contributed by atoms with Gasteiger partial charge >= 0.3 is 12.3 Å². The summed E-state index contributed by atoms with van der Waals surface area (Å²) in [6.07, 6.45) is -3.00. The Hall–Kier alpha value is -6.12. The SMILES string of the molecule is CCCN1CCN(Cc2ccc(NC(=O)Cc3ccc(F)c(C#Cc4cnc(N(C)C(C)=O)nc4-c4cc5c(n4C)CCN(C(=O)OC(C)(C)C)C5=O)c3)cc2C(F)(F)F)CC1. The zero-order valence-corrected chi connectivity index (χ0v) is 35.9. The van der Waals surface area contributed by atoms with E-state index in [1.54, 1.807) is 38.5 Å². The Labute approximate surface area is 358 Å². The van der Waals surface area contributed by atoms with Crippen LogP contribution < -0.4 is 10.2 Å². The van der Waals surface area contributed by atoms with E-state index >= 15 is 4.39 Å². The maximum absolute atomic E-state index is 15.2. The van der Waals surface area contributed by atoms with Crippen molar-refractivity contribution in [2.75, 3.05) is 56.5 Å². The number of carbonyl (C=O) groups is 4. The van der Waals surface area contributed by atoms with Crippen LogP contribution in [0.2, 0.25) is 0 Å². The van der Waals surface area contributed by atoms with Crippen molar-refractivity contribution in [2.45, 2.75) is 72.2 Å². The van der Waals surface area contributed by atoms with Crippen LogP contribution in [0.5, 0.6) is 0 Å². The quantitative estimate of drug-likeness (QED) is 0.145. The average Bonchev–Trinajstić information content (AvgIpc) is 3.54. The second-order valence-corrected chi connectivity index (χ2v) is 16.4. The smallest absolute Gasteiger partial charge is 0.417 e. The fraction of sp³-hybridized carbons (Fsp3) is 0.422. The first-order valence-corrected chi connectivity index (χ1v) is 20.3. The summed E-state index contributed by atoms with van der Waals surface area (Å²) in [5.74, 6) is 3.51. The number of piperazine rings is 1. The lowest BCUT2D eigenvalue weighted by molar-refractivity contribution is -0.138. The summed E-state index contributed by atoms with van der Waals surface area (Å²) in [4.78, 5) is 67.4. The molecule has 62 heavy (non-hydrogen) atoms. The number of amides is 4. The maximum atomic E-state index is 15.2. The number of halogens is 4. The summed E-state index contributed by atoms with van der Waals surface area (Å²) >= 11 is 0. The molecular formula is C45H50F4N8O5. The molecule has 4 heterocycles. The third kappa shape index (κ3) is 10.7. The van der Waals surface area contributed by atoms with Gasteiger partial charge in [0.1, 0.15) is 17.1 Å². The molecule has 6 rings (SSSR count). The molecule has 2 aromatic carbocycles. The monoisotopic (exact) mass is 858 g/mol. The number of fused-ring (bicyclic) bond motifs is 1. The zero-order chi connectivity index (χ0) is 45.1. The van der Waals surface area contributed by atoms with Crippen LogP contribution in [0.3, 0.4) is 0 Å². The van der Waals surface area contributed by atoms with E-state index < -0.39 is 41.1 Å². The van der Waals surface area contributed by atoms with Crippen LogP contribution in [0.1, 0.15) is 84.9 Å². The zero-order valence-electron chi connectivity index (χ0n) is 35.9. The molecule has 17 heteroatoms. The number of nitrogens with zero attached hydrogens (tertiary/aromatic N) is 7. The van der Waals surface area contributed by atoms with E-state index in [1.807, 2.05) is 4.90 Å². The van der Waals surface area contributed by atoms with E-state index in [0.717, 1.165) is 43.1 Å². The normalized spacial score (nSPS) is 14.8. The van der Waals surface area contributed by atoms with Crippen molar-refractivity contribution in [1.82, 2.24) is 29.2 Å². The van der Waals surface area contributed by atoms with Crippen LogP contribution in [0.4, 0.5) is 34.0 Å². The number of carbonyl (C=O) groups excluding carboxylic acids is 4. The standard InChI is InChI=1S/C45H50F4N8O5/c1-8-16-55-18-20-56(21-19-55)27-32-12-13-33(24-35(32)45(47,48)49)51-39(59)23-29-9-14-36(46)30(22-29)10-11-31-26-50-42(53(6)28(2)58)52-40(31)38-25-34-37(54(38)7)15-17-57(41(34)60)43(61)62-44(3,4)5/h9,12-14,22,24-26H,8,15-21,23,27H2,1-7H3,(H,51,59). The molecule has 1 N–H and O–H groups in total. The minimum atomic E-state index is -4.64. The summed E-state index contributed by atoms with van der Waals surface area (Å²) in [7, 11) is 3.21. The average molecular weight is 859 g/mol. The molecule has 0 radical (unpaired) electrons. The summed E-state index contributed by atoms with van der Waals surface area (Å²) in [5.41, 5.74) is 0.455. The highest BCUT2D eigenvalue weighted by Crippen LogP contribution is 2.35. The van der Waals surface area contributed by atoms with Crippen LogP contribution in [0, 0.1) is 17.7 Å². The highest BCUT2D eigenvalue weighted by molar-refractivity contribution is 6.05. The van der Waals surface area contributed by atoms with Gasteiger partial charge in [-0.15, -0.1) is 0 Å². The first-order chi connectivity index (χ1) is 29.2. The summed E-state index contributed by atoms with van der Waals surface area (Å²) in [6.45, 7) is 12.6. The fourth-order valence-corrected chi connectivity index (χ4v) is 7.36. The van der Waals surface area contributed by atoms with Gasteiger partial charge in [0, 0.05) is 84.3 Å². The van der Waals surface area contributed by atoms with Crippen molar-refractivity contribution in [3.8, 4) is 23.2 Å². The Morgan fingerprint density at radius 1 is 0.952 bits per heavy atom. The Kier molecular flexibility index (Phi) is 13.5. The number of aromatic nitrogens is 3. The molecule has 4 amide bonds. The second-order valence-electron chi connectivity index (χ2n) is 16.4. The molecule has 0 saturated carbocycles. The van der Waals surface area contributed by atoms with Gasteiger partial charge in [-0.3, -0.25) is 24.2 Å². The number of imide groups is 1. The van der Waals surface area contributed by atoms with Gasteiger partial charge in [-0.25, -0.2) is 24.1 Å². The highest BCUT2D eigenvalue weighted by Gasteiger charge is 2.36. The van der Waals surface area contributed by atoms with Crippen molar-refractivity contribution >= 4 is 35.5 Å². The van der Waals surface area contributed by atoms with Crippen molar-refractivity contribution in [2.24, 2.45) is 7.05 Å². The van der Waals surface area contributed by atoms with E-state index in [0.29, 0.717) is 36.5 Å². The third-order valence-corrected chi connectivity index (χ3v) is 10.6. The third-order valence-electron chi connectivity index (χ3n) is 10.6. The number of ether oxygens (including phenoxy) is 1. The second kappa shape index (κ2) is 18.5. The van der Waals surface area contributed by atoms with Gasteiger partial charge in [-0.2, -0.15) is 13.2 Å². The van der Waals surface area contributed by atoms with Crippen molar-refractivity contribution in [1.29, 1.82) is 0 Å². The van der Waals surface area contributed by atoms with E-state index in [-0.39, 0.29) is 65.0 Å². The van der Waals surface area contributed by atoms with Crippen LogP contribution in [-0.4, -0.2) is 105 Å². The number of alkyl halides is 3. The molecule has 4 aromatic rings. The van der Waals surface area contributed by atoms with Gasteiger partial charge in [0.2, 0.25) is 17.8 Å². The number of hydrogen-bond acceptors (Lipinski definition) is 9. The van der Waals surface area contributed by atoms with Crippen molar-refractivity contribution < 1.29 is 41.5 Å². The number of rotatable bonds is 9. The molecular weight excluding hydrogens is 809 g/mol. The summed E-state index contributed by atoms with van der Waals surface area (Å²) < 4.78 is 65.2. The number of anilines is 2. The first kappa shape index (κ1) is 45.4. The molecule has 1 saturated heterocycles. The maximum Gasteiger partial charge on any atom is 0.417 e. The summed E-state index contributed by atoms with van der Waals surface area (Å²) in [5, 5.41) is 2.55. The summed E-state index contributed by atoms with van der Waals surface area (Å²) in [6, 6.07) is 9.25. The van der Waals surface area contributed by atoms with Gasteiger partial charge in [0.25, 0.3) is 5.91 Å². The van der Waals surface area contributed by atoms with E-state index in [9.17, 15) is 32.3 Å². The lowest BCUT2D eigenvalue weighted by atomic mass is 10.0. The number of benzene rings is 2. The molecule has 1 fully saturated rings. The highest BCUT2D eigenvalue weighted by atomic mass is 19.4. The molecule has 0 aliphatic carbocycles. The Bertz CT molecular complexity index is 2440. The largest absolute Gasteiger partial charge is 0.443 e. The Balaban J connectivity index is 1.23. The first-order valence-electron chi connectivity index (χ1n) is 20.3. The van der Waals surface area contributed by atoms with Crippen LogP contribution in [0.15, 0.2) is 48.7 Å². The van der Waals surface area contributed by atoms with E-state index in [1.165, 1.54) is 49.3 Å². The van der Waals surface area contributed by atoms with Crippen LogP contribution >= 0.6 is 0 Å². The minimum absolute atomic E-state index is 0.0195. The molecule has 2 aromatic heterocycles. The van der Waals surface area contributed by atoms with Gasteiger partial charge in [0.15, 0.2) is 0 Å². The van der Waals surface area contributed by atoms with E-state index in [4.69, 9.17) is 4.74 Å². The molecule has 328 valence electrons. The Morgan fingerprint density at radius 2 is 1.65 bits per heavy atom. The van der Waals surface area contributed by atoms with Gasteiger partial charge in [-0.05, 0) is 75.2 Å². The number of nitrogens with one attached hydrogen (secondary N) is 1.